The van der Waals surface area contributed by atoms with Crippen molar-refractivity contribution in [3.63, 3.8) is 0 Å². The van der Waals surface area contributed by atoms with Gasteiger partial charge in [-0.25, -0.2) is 0 Å². The topological polar surface area (TPSA) is 44.4 Å². The van der Waals surface area contributed by atoms with Crippen LogP contribution in [-0.2, 0) is 4.79 Å². The largest absolute Gasteiger partial charge is 0.372 e. The van der Waals surface area contributed by atoms with Gasteiger partial charge in [0.05, 0.1) is 0 Å². The summed E-state index contributed by atoms with van der Waals surface area (Å²) in [7, 11) is 1.81. The molecule has 1 heterocycles. The minimum absolute atomic E-state index is 0.0336. The van der Waals surface area contributed by atoms with Crippen molar-refractivity contribution in [1.29, 1.82) is 0 Å². The van der Waals surface area contributed by atoms with Crippen LogP contribution in [0.1, 0.15) is 38.3 Å². The van der Waals surface area contributed by atoms with Crippen LogP contribution < -0.4 is 15.5 Å². The average molecular weight is 261 g/mol. The summed E-state index contributed by atoms with van der Waals surface area (Å²) in [6.45, 7) is 6.42. The van der Waals surface area contributed by atoms with Gasteiger partial charge in [-0.05, 0) is 32.5 Å². The van der Waals surface area contributed by atoms with Crippen LogP contribution in [0, 0.1) is 0 Å². The van der Waals surface area contributed by atoms with Crippen molar-refractivity contribution >= 4 is 17.3 Å². The Kier molecular flexibility index (Phi) is 4.43. The summed E-state index contributed by atoms with van der Waals surface area (Å²) in [5.41, 5.74) is 3.17. The molecule has 1 aliphatic rings. The summed E-state index contributed by atoms with van der Waals surface area (Å²) in [5, 5.41) is 5.99. The molecule has 1 amide bonds. The Morgan fingerprint density at radius 3 is 2.79 bits per heavy atom. The molecule has 104 valence electrons. The third-order valence-corrected chi connectivity index (χ3v) is 3.69. The zero-order chi connectivity index (χ0) is 13.8. The number of unbranched alkanes of at least 4 members (excludes halogenated alkanes) is 1. The fourth-order valence-electron chi connectivity index (χ4n) is 2.55. The monoisotopic (exact) mass is 261 g/mol. The van der Waals surface area contributed by atoms with Gasteiger partial charge in [0.1, 0.15) is 6.04 Å². The predicted molar refractivity (Wildman–Crippen MR) is 79.7 cm³/mol. The maximum Gasteiger partial charge on any atom is 0.246 e. The standard InChI is InChI=1S/C15H23N3O/c1-4-6-9-18(5-2)11-7-8-12-13(10-11)17-15(19)14(12)16-3/h7-8,10,14,16H,4-6,9H2,1-3H3,(H,17,19). The van der Waals surface area contributed by atoms with Gasteiger partial charge in [0.2, 0.25) is 5.91 Å². The van der Waals surface area contributed by atoms with E-state index in [9.17, 15) is 4.79 Å². The Labute approximate surface area is 115 Å². The number of rotatable bonds is 6. The lowest BCUT2D eigenvalue weighted by Crippen LogP contribution is -2.24. The smallest absolute Gasteiger partial charge is 0.246 e. The summed E-state index contributed by atoms with van der Waals surface area (Å²) >= 11 is 0. The zero-order valence-electron chi connectivity index (χ0n) is 12.0. The number of amides is 1. The molecule has 0 aliphatic carbocycles. The summed E-state index contributed by atoms with van der Waals surface area (Å²) < 4.78 is 0. The summed E-state index contributed by atoms with van der Waals surface area (Å²) in [4.78, 5) is 14.1. The number of likely N-dealkylation sites (N-methyl/N-ethyl adjacent to an activating group) is 1. The molecule has 4 heteroatoms. The van der Waals surface area contributed by atoms with Gasteiger partial charge in [0.25, 0.3) is 0 Å². The van der Waals surface area contributed by atoms with Crippen molar-refractivity contribution in [2.24, 2.45) is 0 Å². The van der Waals surface area contributed by atoms with E-state index in [0.29, 0.717) is 0 Å². The van der Waals surface area contributed by atoms with Crippen molar-refractivity contribution in [3.8, 4) is 0 Å². The van der Waals surface area contributed by atoms with Crippen LogP contribution >= 0.6 is 0 Å². The lowest BCUT2D eigenvalue weighted by atomic mass is 10.1. The molecule has 1 unspecified atom stereocenters. The molecule has 1 aromatic carbocycles. The fraction of sp³-hybridized carbons (Fsp3) is 0.533. The molecule has 0 bridgehead atoms. The fourth-order valence-corrected chi connectivity index (χ4v) is 2.55. The molecule has 0 radical (unpaired) electrons. The number of benzene rings is 1. The molecule has 2 N–H and O–H groups in total. The summed E-state index contributed by atoms with van der Waals surface area (Å²) in [6.07, 6.45) is 2.39. The number of nitrogens with one attached hydrogen (secondary N) is 2. The van der Waals surface area contributed by atoms with Crippen LogP contribution in [0.25, 0.3) is 0 Å². The van der Waals surface area contributed by atoms with Crippen molar-refractivity contribution < 1.29 is 4.79 Å². The Bertz CT molecular complexity index is 459. The summed E-state index contributed by atoms with van der Waals surface area (Å²) in [6, 6.07) is 6.04. The predicted octanol–water partition coefficient (Wildman–Crippen LogP) is 2.53. The minimum atomic E-state index is -0.213. The van der Waals surface area contributed by atoms with Gasteiger partial charge in [0.15, 0.2) is 0 Å². The first-order chi connectivity index (χ1) is 9.21. The SMILES string of the molecule is CCCCN(CC)c1ccc2c(c1)NC(=O)C2NC. The van der Waals surface area contributed by atoms with Gasteiger partial charge in [-0.15, -0.1) is 0 Å². The Hall–Kier alpha value is -1.55. The Morgan fingerprint density at radius 1 is 1.37 bits per heavy atom. The van der Waals surface area contributed by atoms with Crippen LogP contribution in [0.5, 0.6) is 0 Å². The first-order valence-electron chi connectivity index (χ1n) is 7.08. The van der Waals surface area contributed by atoms with E-state index in [4.69, 9.17) is 0 Å². The molecule has 0 saturated heterocycles. The second-order valence-electron chi connectivity index (χ2n) is 4.92. The van der Waals surface area contributed by atoms with Crippen LogP contribution in [0.3, 0.4) is 0 Å². The highest BCUT2D eigenvalue weighted by Gasteiger charge is 2.29. The third-order valence-electron chi connectivity index (χ3n) is 3.69. The number of hydrogen-bond donors (Lipinski definition) is 2. The van der Waals surface area contributed by atoms with E-state index in [1.54, 1.807) is 0 Å². The first-order valence-corrected chi connectivity index (χ1v) is 7.08. The molecule has 4 nitrogen and oxygen atoms in total. The highest BCUT2D eigenvalue weighted by Crippen LogP contribution is 2.33. The number of fused-ring (bicyclic) bond motifs is 1. The molecule has 0 fully saturated rings. The van der Waals surface area contributed by atoms with E-state index in [-0.39, 0.29) is 11.9 Å². The van der Waals surface area contributed by atoms with Gasteiger partial charge in [-0.3, -0.25) is 4.79 Å². The average Bonchev–Trinajstić information content (AvgIpc) is 2.74. The summed E-state index contributed by atoms with van der Waals surface area (Å²) in [5.74, 6) is 0.0336. The van der Waals surface area contributed by atoms with Gasteiger partial charge in [-0.2, -0.15) is 0 Å². The van der Waals surface area contributed by atoms with E-state index in [1.165, 1.54) is 18.5 Å². The molecule has 0 aromatic heterocycles. The number of hydrogen-bond acceptors (Lipinski definition) is 3. The van der Waals surface area contributed by atoms with E-state index in [0.717, 1.165) is 24.3 Å². The van der Waals surface area contributed by atoms with Crippen molar-refractivity contribution in [2.45, 2.75) is 32.7 Å². The maximum atomic E-state index is 11.8. The van der Waals surface area contributed by atoms with Crippen molar-refractivity contribution in [2.75, 3.05) is 30.4 Å². The van der Waals surface area contributed by atoms with E-state index in [2.05, 4.69) is 47.6 Å². The first kappa shape index (κ1) is 13.9. The molecule has 0 spiro atoms. The number of nitrogens with zero attached hydrogens (tertiary/aromatic N) is 1. The van der Waals surface area contributed by atoms with Crippen molar-refractivity contribution in [1.82, 2.24) is 5.32 Å². The molecule has 19 heavy (non-hydrogen) atoms. The van der Waals surface area contributed by atoms with Gasteiger partial charge in [0, 0.05) is 30.0 Å². The lowest BCUT2D eigenvalue weighted by Gasteiger charge is -2.23. The van der Waals surface area contributed by atoms with E-state index >= 15 is 0 Å². The van der Waals surface area contributed by atoms with Gasteiger partial charge in [-0.1, -0.05) is 19.4 Å². The highest BCUT2D eigenvalue weighted by atomic mass is 16.2. The number of anilines is 2. The van der Waals surface area contributed by atoms with Crippen LogP contribution in [0.4, 0.5) is 11.4 Å². The molecule has 2 rings (SSSR count). The normalized spacial score (nSPS) is 17.2. The minimum Gasteiger partial charge on any atom is -0.372 e. The molecule has 1 aliphatic heterocycles. The number of carbonyl (C=O) groups excluding carboxylic acids is 1. The second-order valence-corrected chi connectivity index (χ2v) is 4.92. The molecule has 1 aromatic rings. The van der Waals surface area contributed by atoms with Crippen LogP contribution in [0.15, 0.2) is 18.2 Å². The molecule has 1 atom stereocenters. The van der Waals surface area contributed by atoms with E-state index < -0.39 is 0 Å². The van der Waals surface area contributed by atoms with Gasteiger partial charge < -0.3 is 15.5 Å². The zero-order valence-corrected chi connectivity index (χ0v) is 12.0. The molecular weight excluding hydrogens is 238 g/mol. The Morgan fingerprint density at radius 2 is 2.16 bits per heavy atom. The van der Waals surface area contributed by atoms with Crippen molar-refractivity contribution in [3.05, 3.63) is 23.8 Å². The quantitative estimate of drug-likeness (QED) is 0.827. The van der Waals surface area contributed by atoms with E-state index in [1.807, 2.05) is 7.05 Å². The highest BCUT2D eigenvalue weighted by molar-refractivity contribution is 6.03. The maximum absolute atomic E-state index is 11.8. The third kappa shape index (κ3) is 2.73. The number of carbonyl (C=O) groups is 1. The van der Waals surface area contributed by atoms with Gasteiger partial charge >= 0.3 is 0 Å². The van der Waals surface area contributed by atoms with Crippen LogP contribution in [0.2, 0.25) is 0 Å². The second kappa shape index (κ2) is 6.06. The molecule has 0 saturated carbocycles. The Balaban J connectivity index is 2.22. The molecular formula is C15H23N3O. The lowest BCUT2D eigenvalue weighted by molar-refractivity contribution is -0.117. The van der Waals surface area contributed by atoms with Crippen LogP contribution in [-0.4, -0.2) is 26.0 Å².